The molecular weight excluding hydrogens is 294 g/mol. The minimum atomic E-state index is 0.00995. The third kappa shape index (κ3) is 4.24. The van der Waals surface area contributed by atoms with Gasteiger partial charge in [0.2, 0.25) is 5.91 Å². The lowest BCUT2D eigenvalue weighted by atomic mass is 9.95. The zero-order valence-electron chi connectivity index (χ0n) is 14.6. The molecule has 0 saturated carbocycles. The van der Waals surface area contributed by atoms with E-state index < -0.39 is 0 Å². The predicted molar refractivity (Wildman–Crippen MR) is 88.4 cm³/mol. The van der Waals surface area contributed by atoms with E-state index in [1.165, 1.54) is 6.54 Å². The van der Waals surface area contributed by atoms with Crippen molar-refractivity contribution in [2.24, 2.45) is 5.92 Å². The summed E-state index contributed by atoms with van der Waals surface area (Å²) in [5.41, 5.74) is 0. The summed E-state index contributed by atoms with van der Waals surface area (Å²) in [4.78, 5) is 19.5. The molecule has 0 radical (unpaired) electrons. The molecule has 3 aliphatic rings. The summed E-state index contributed by atoms with van der Waals surface area (Å²) in [7, 11) is 3.77. The SMILES string of the molecule is CO[C@H]1C[C@@H](C(=O)N2CCC(CN3CCOCC3)CC2)N(C)C1. The van der Waals surface area contributed by atoms with Crippen LogP contribution in [0.25, 0.3) is 0 Å². The molecule has 3 rings (SSSR count). The van der Waals surface area contributed by atoms with E-state index in [1.54, 1.807) is 7.11 Å². The Labute approximate surface area is 139 Å². The Hall–Kier alpha value is -0.690. The third-order valence-corrected chi connectivity index (χ3v) is 5.67. The quantitative estimate of drug-likeness (QED) is 0.743. The summed E-state index contributed by atoms with van der Waals surface area (Å²) in [5.74, 6) is 1.03. The molecule has 1 amide bonds. The minimum absolute atomic E-state index is 0.00995. The minimum Gasteiger partial charge on any atom is -0.380 e. The molecule has 3 aliphatic heterocycles. The van der Waals surface area contributed by atoms with Crippen LogP contribution in [0.15, 0.2) is 0 Å². The van der Waals surface area contributed by atoms with Crippen molar-refractivity contribution in [3.8, 4) is 0 Å². The van der Waals surface area contributed by atoms with Crippen LogP contribution in [0.3, 0.4) is 0 Å². The van der Waals surface area contributed by atoms with Crippen molar-refractivity contribution in [3.63, 3.8) is 0 Å². The first-order chi connectivity index (χ1) is 11.2. The van der Waals surface area contributed by atoms with Gasteiger partial charge in [-0.15, -0.1) is 0 Å². The highest BCUT2D eigenvalue weighted by Gasteiger charge is 2.37. The maximum Gasteiger partial charge on any atom is 0.240 e. The highest BCUT2D eigenvalue weighted by atomic mass is 16.5. The van der Waals surface area contributed by atoms with Crippen LogP contribution in [0.5, 0.6) is 0 Å². The Bertz CT molecular complexity index is 393. The number of amides is 1. The van der Waals surface area contributed by atoms with Gasteiger partial charge in [0.25, 0.3) is 0 Å². The van der Waals surface area contributed by atoms with E-state index in [-0.39, 0.29) is 12.1 Å². The fourth-order valence-corrected chi connectivity index (χ4v) is 4.11. The van der Waals surface area contributed by atoms with Gasteiger partial charge in [0.05, 0.1) is 25.4 Å². The van der Waals surface area contributed by atoms with Crippen LogP contribution in [-0.2, 0) is 14.3 Å². The maximum atomic E-state index is 12.8. The number of rotatable bonds is 4. The van der Waals surface area contributed by atoms with Crippen LogP contribution >= 0.6 is 0 Å². The number of likely N-dealkylation sites (tertiary alicyclic amines) is 2. The average molecular weight is 325 g/mol. The van der Waals surface area contributed by atoms with E-state index in [1.807, 2.05) is 7.05 Å². The molecule has 0 bridgehead atoms. The van der Waals surface area contributed by atoms with Crippen molar-refractivity contribution in [2.45, 2.75) is 31.4 Å². The molecule has 132 valence electrons. The molecule has 3 saturated heterocycles. The number of likely N-dealkylation sites (N-methyl/N-ethyl adjacent to an activating group) is 1. The molecule has 0 spiro atoms. The van der Waals surface area contributed by atoms with E-state index in [4.69, 9.17) is 9.47 Å². The Kier molecular flexibility index (Phi) is 5.91. The molecule has 3 heterocycles. The van der Waals surface area contributed by atoms with Crippen LogP contribution in [-0.4, -0.2) is 99.4 Å². The van der Waals surface area contributed by atoms with Crippen LogP contribution in [0.2, 0.25) is 0 Å². The molecular formula is C17H31N3O3. The highest BCUT2D eigenvalue weighted by molar-refractivity contribution is 5.82. The molecule has 6 nitrogen and oxygen atoms in total. The normalized spacial score (nSPS) is 31.7. The van der Waals surface area contributed by atoms with Crippen LogP contribution < -0.4 is 0 Å². The van der Waals surface area contributed by atoms with Crippen molar-refractivity contribution >= 4 is 5.91 Å². The summed E-state index contributed by atoms with van der Waals surface area (Å²) < 4.78 is 10.8. The van der Waals surface area contributed by atoms with E-state index in [2.05, 4.69) is 14.7 Å². The largest absolute Gasteiger partial charge is 0.380 e. The standard InChI is InChI=1S/C17H31N3O3/c1-18-13-15(22-2)11-16(18)17(21)20-5-3-14(4-6-20)12-19-7-9-23-10-8-19/h14-16H,3-13H2,1-2H3/t15-,16-/m0/s1. The number of piperidine rings is 1. The molecule has 0 N–H and O–H groups in total. The molecule has 23 heavy (non-hydrogen) atoms. The first-order valence-electron chi connectivity index (χ1n) is 8.99. The second kappa shape index (κ2) is 7.92. The smallest absolute Gasteiger partial charge is 0.240 e. The number of carbonyl (C=O) groups is 1. The van der Waals surface area contributed by atoms with Crippen molar-refractivity contribution in [1.29, 1.82) is 0 Å². The van der Waals surface area contributed by atoms with Gasteiger partial charge >= 0.3 is 0 Å². The number of nitrogens with zero attached hydrogens (tertiary/aromatic N) is 3. The molecule has 0 aromatic heterocycles. The number of carbonyl (C=O) groups excluding carboxylic acids is 1. The van der Waals surface area contributed by atoms with Gasteiger partial charge in [-0.2, -0.15) is 0 Å². The van der Waals surface area contributed by atoms with Gasteiger partial charge in [-0.1, -0.05) is 0 Å². The van der Waals surface area contributed by atoms with Gasteiger partial charge in [0.1, 0.15) is 0 Å². The van der Waals surface area contributed by atoms with Crippen LogP contribution in [0.1, 0.15) is 19.3 Å². The third-order valence-electron chi connectivity index (χ3n) is 5.67. The summed E-state index contributed by atoms with van der Waals surface area (Å²) in [6, 6.07) is 0.00995. The van der Waals surface area contributed by atoms with Crippen molar-refractivity contribution in [3.05, 3.63) is 0 Å². The number of ether oxygens (including phenoxy) is 2. The molecule has 3 fully saturated rings. The predicted octanol–water partition coefficient (Wildman–Crippen LogP) is 0.276. The zero-order valence-corrected chi connectivity index (χ0v) is 14.6. The lowest BCUT2D eigenvalue weighted by Gasteiger charge is -2.37. The average Bonchev–Trinajstić information content (AvgIpc) is 2.97. The van der Waals surface area contributed by atoms with Crippen molar-refractivity contribution in [2.75, 3.05) is 66.6 Å². The maximum absolute atomic E-state index is 12.8. The Morgan fingerprint density at radius 2 is 1.87 bits per heavy atom. The number of methoxy groups -OCH3 is 1. The first kappa shape index (κ1) is 17.1. The molecule has 0 unspecified atom stereocenters. The van der Waals surface area contributed by atoms with E-state index in [0.29, 0.717) is 5.91 Å². The van der Waals surface area contributed by atoms with E-state index >= 15 is 0 Å². The number of hydrogen-bond donors (Lipinski definition) is 0. The highest BCUT2D eigenvalue weighted by Crippen LogP contribution is 2.24. The van der Waals surface area contributed by atoms with Gasteiger partial charge in [-0.3, -0.25) is 14.6 Å². The Balaban J connectivity index is 1.44. The summed E-state index contributed by atoms with van der Waals surface area (Å²) in [6.07, 6.45) is 3.30. The van der Waals surface area contributed by atoms with Gasteiger partial charge in [-0.05, 0) is 32.2 Å². The van der Waals surface area contributed by atoms with Crippen molar-refractivity contribution in [1.82, 2.24) is 14.7 Å². The molecule has 0 aromatic carbocycles. The monoisotopic (exact) mass is 325 g/mol. The molecule has 2 atom stereocenters. The van der Waals surface area contributed by atoms with E-state index in [9.17, 15) is 4.79 Å². The van der Waals surface area contributed by atoms with Gasteiger partial charge in [0, 0.05) is 46.4 Å². The zero-order chi connectivity index (χ0) is 16.2. The summed E-state index contributed by atoms with van der Waals surface area (Å²) >= 11 is 0. The van der Waals surface area contributed by atoms with Gasteiger partial charge in [0.15, 0.2) is 0 Å². The molecule has 0 aromatic rings. The number of morpholine rings is 1. The second-order valence-corrected chi connectivity index (χ2v) is 7.23. The number of hydrogen-bond acceptors (Lipinski definition) is 5. The Morgan fingerprint density at radius 1 is 1.17 bits per heavy atom. The van der Waals surface area contributed by atoms with Crippen LogP contribution in [0, 0.1) is 5.92 Å². The lowest BCUT2D eigenvalue weighted by Crippen LogP contribution is -2.49. The van der Waals surface area contributed by atoms with Crippen molar-refractivity contribution < 1.29 is 14.3 Å². The first-order valence-corrected chi connectivity index (χ1v) is 8.99. The second-order valence-electron chi connectivity index (χ2n) is 7.23. The van der Waals surface area contributed by atoms with E-state index in [0.717, 1.165) is 71.1 Å². The lowest BCUT2D eigenvalue weighted by molar-refractivity contribution is -0.137. The fourth-order valence-electron chi connectivity index (χ4n) is 4.11. The molecule has 0 aliphatic carbocycles. The fraction of sp³-hybridized carbons (Fsp3) is 0.941. The van der Waals surface area contributed by atoms with Gasteiger partial charge in [-0.25, -0.2) is 0 Å². The Morgan fingerprint density at radius 3 is 2.48 bits per heavy atom. The van der Waals surface area contributed by atoms with Crippen LogP contribution in [0.4, 0.5) is 0 Å². The summed E-state index contributed by atoms with van der Waals surface area (Å²) in [6.45, 7) is 7.71. The molecule has 6 heteroatoms. The summed E-state index contributed by atoms with van der Waals surface area (Å²) in [5, 5.41) is 0. The van der Waals surface area contributed by atoms with Gasteiger partial charge < -0.3 is 14.4 Å². The topological polar surface area (TPSA) is 45.3 Å².